The predicted octanol–water partition coefficient (Wildman–Crippen LogP) is 4.41. The van der Waals surface area contributed by atoms with Crippen LogP contribution in [0.25, 0.3) is 17.5 Å². The van der Waals surface area contributed by atoms with Gasteiger partial charge in [-0.25, -0.2) is 9.18 Å². The number of nitrogens with one attached hydrogen (secondary N) is 1. The molecule has 0 radical (unpaired) electrons. The van der Waals surface area contributed by atoms with E-state index >= 15 is 0 Å². The summed E-state index contributed by atoms with van der Waals surface area (Å²) in [6.07, 6.45) is 4.29. The van der Waals surface area contributed by atoms with E-state index in [0.717, 1.165) is 5.56 Å². The highest BCUT2D eigenvalue weighted by Gasteiger charge is 2.10. The Morgan fingerprint density at radius 1 is 1.13 bits per heavy atom. The Balaban J connectivity index is 1.43. The van der Waals surface area contributed by atoms with Gasteiger partial charge in [0.05, 0.1) is 6.61 Å². The SMILES string of the molecule is CCOC(=O)/C=C/c1ccc(NC(=O)CCCc2nc(-c3ccc(F)cc3)no2)cc1. The number of rotatable bonds is 9. The van der Waals surface area contributed by atoms with E-state index < -0.39 is 5.97 Å². The third-order valence-electron chi connectivity index (χ3n) is 4.26. The van der Waals surface area contributed by atoms with Crippen LogP contribution < -0.4 is 5.32 Å². The number of carbonyl (C=O) groups excluding carboxylic acids is 2. The highest BCUT2D eigenvalue weighted by molar-refractivity contribution is 5.91. The van der Waals surface area contributed by atoms with Gasteiger partial charge < -0.3 is 14.6 Å². The maximum Gasteiger partial charge on any atom is 0.330 e. The van der Waals surface area contributed by atoms with Crippen LogP contribution in [0.4, 0.5) is 10.1 Å². The molecule has 0 bridgehead atoms. The molecule has 2 aromatic carbocycles. The summed E-state index contributed by atoms with van der Waals surface area (Å²) in [4.78, 5) is 27.7. The molecule has 31 heavy (non-hydrogen) atoms. The van der Waals surface area contributed by atoms with Crippen molar-refractivity contribution in [3.05, 3.63) is 71.9 Å². The molecule has 0 aliphatic rings. The molecule has 0 saturated heterocycles. The Kier molecular flexibility index (Phi) is 7.64. The summed E-state index contributed by atoms with van der Waals surface area (Å²) in [5.74, 6) is -0.0540. The lowest BCUT2D eigenvalue weighted by Crippen LogP contribution is -2.11. The van der Waals surface area contributed by atoms with Gasteiger partial charge >= 0.3 is 5.97 Å². The quantitative estimate of drug-likeness (QED) is 0.405. The van der Waals surface area contributed by atoms with Gasteiger partial charge in [0.25, 0.3) is 0 Å². The molecule has 0 aliphatic carbocycles. The number of anilines is 1. The summed E-state index contributed by atoms with van der Waals surface area (Å²) < 4.78 is 23.0. The lowest BCUT2D eigenvalue weighted by atomic mass is 10.2. The molecule has 3 rings (SSSR count). The molecule has 1 amide bonds. The summed E-state index contributed by atoms with van der Waals surface area (Å²) in [5, 5.41) is 6.70. The van der Waals surface area contributed by atoms with E-state index in [1.54, 1.807) is 49.4 Å². The largest absolute Gasteiger partial charge is 0.463 e. The molecule has 7 nitrogen and oxygen atoms in total. The van der Waals surface area contributed by atoms with Crippen LogP contribution in [-0.4, -0.2) is 28.6 Å². The Labute approximate surface area is 178 Å². The maximum atomic E-state index is 13.0. The second-order valence-corrected chi connectivity index (χ2v) is 6.63. The first-order valence-electron chi connectivity index (χ1n) is 9.87. The van der Waals surface area contributed by atoms with E-state index in [-0.39, 0.29) is 11.7 Å². The maximum absolute atomic E-state index is 13.0. The highest BCUT2D eigenvalue weighted by atomic mass is 19.1. The van der Waals surface area contributed by atoms with Gasteiger partial charge in [0.15, 0.2) is 0 Å². The van der Waals surface area contributed by atoms with Crippen LogP contribution in [0.3, 0.4) is 0 Å². The van der Waals surface area contributed by atoms with Gasteiger partial charge in [-0.15, -0.1) is 0 Å². The molecular formula is C23H22FN3O4. The van der Waals surface area contributed by atoms with Crippen molar-refractivity contribution < 1.29 is 23.2 Å². The number of ether oxygens (including phenoxy) is 1. The Morgan fingerprint density at radius 3 is 2.58 bits per heavy atom. The van der Waals surface area contributed by atoms with Crippen molar-refractivity contribution in [2.24, 2.45) is 0 Å². The van der Waals surface area contributed by atoms with Crippen LogP contribution in [0.5, 0.6) is 0 Å². The molecule has 160 valence electrons. The summed E-state index contributed by atoms with van der Waals surface area (Å²) in [5.41, 5.74) is 2.14. The zero-order valence-corrected chi connectivity index (χ0v) is 17.0. The van der Waals surface area contributed by atoms with Crippen LogP contribution in [0.1, 0.15) is 31.2 Å². The van der Waals surface area contributed by atoms with Gasteiger partial charge in [-0.3, -0.25) is 4.79 Å². The molecule has 0 spiro atoms. The third kappa shape index (κ3) is 6.88. The van der Waals surface area contributed by atoms with Crippen molar-refractivity contribution in [3.63, 3.8) is 0 Å². The number of benzene rings is 2. The zero-order valence-electron chi connectivity index (χ0n) is 17.0. The molecule has 0 saturated carbocycles. The molecule has 1 N–H and O–H groups in total. The molecule has 0 atom stereocenters. The number of amides is 1. The van der Waals surface area contributed by atoms with E-state index in [1.165, 1.54) is 18.2 Å². The molecule has 8 heteroatoms. The van der Waals surface area contributed by atoms with E-state index in [9.17, 15) is 14.0 Å². The minimum absolute atomic E-state index is 0.131. The van der Waals surface area contributed by atoms with Crippen LogP contribution in [-0.2, 0) is 20.7 Å². The monoisotopic (exact) mass is 423 g/mol. The molecule has 1 heterocycles. The van der Waals surface area contributed by atoms with Crippen molar-refractivity contribution in [1.82, 2.24) is 10.1 Å². The Hall–Kier alpha value is -3.81. The van der Waals surface area contributed by atoms with Crippen molar-refractivity contribution in [2.75, 3.05) is 11.9 Å². The number of carbonyl (C=O) groups is 2. The van der Waals surface area contributed by atoms with Gasteiger partial charge in [0.1, 0.15) is 5.82 Å². The number of hydrogen-bond acceptors (Lipinski definition) is 6. The summed E-state index contributed by atoms with van der Waals surface area (Å²) >= 11 is 0. The molecular weight excluding hydrogens is 401 g/mol. The lowest BCUT2D eigenvalue weighted by molar-refractivity contribution is -0.137. The van der Waals surface area contributed by atoms with Gasteiger partial charge in [-0.2, -0.15) is 4.98 Å². The molecule has 0 aliphatic heterocycles. The summed E-state index contributed by atoms with van der Waals surface area (Å²) in [7, 11) is 0. The van der Waals surface area contributed by atoms with Crippen LogP contribution in [0.15, 0.2) is 59.1 Å². The van der Waals surface area contributed by atoms with Crippen LogP contribution in [0, 0.1) is 5.82 Å². The van der Waals surface area contributed by atoms with Gasteiger partial charge in [0, 0.05) is 30.2 Å². The molecule has 3 aromatic rings. The first-order chi connectivity index (χ1) is 15.0. The fourth-order valence-electron chi connectivity index (χ4n) is 2.73. The first-order valence-corrected chi connectivity index (χ1v) is 9.87. The number of hydrogen-bond donors (Lipinski definition) is 1. The first kappa shape index (κ1) is 21.9. The second-order valence-electron chi connectivity index (χ2n) is 6.63. The minimum atomic E-state index is -0.397. The summed E-state index contributed by atoms with van der Waals surface area (Å²) in [6.45, 7) is 2.08. The number of esters is 1. The van der Waals surface area contributed by atoms with Crippen molar-refractivity contribution in [2.45, 2.75) is 26.2 Å². The van der Waals surface area contributed by atoms with E-state index in [0.29, 0.717) is 48.8 Å². The fourth-order valence-corrected chi connectivity index (χ4v) is 2.73. The van der Waals surface area contributed by atoms with Gasteiger partial charge in [-0.1, -0.05) is 17.3 Å². The van der Waals surface area contributed by atoms with E-state index in [4.69, 9.17) is 9.26 Å². The molecule has 1 aromatic heterocycles. The van der Waals surface area contributed by atoms with E-state index in [1.807, 2.05) is 0 Å². The third-order valence-corrected chi connectivity index (χ3v) is 4.26. The number of nitrogens with zero attached hydrogens (tertiary/aromatic N) is 2. The zero-order chi connectivity index (χ0) is 22.1. The normalized spacial score (nSPS) is 10.9. The Morgan fingerprint density at radius 2 is 1.87 bits per heavy atom. The number of halogens is 1. The van der Waals surface area contributed by atoms with Crippen LogP contribution in [0.2, 0.25) is 0 Å². The summed E-state index contributed by atoms with van der Waals surface area (Å²) in [6, 6.07) is 12.9. The Bertz CT molecular complexity index is 1040. The van der Waals surface area contributed by atoms with Crippen LogP contribution >= 0.6 is 0 Å². The van der Waals surface area contributed by atoms with Crippen molar-refractivity contribution in [1.29, 1.82) is 0 Å². The minimum Gasteiger partial charge on any atom is -0.463 e. The molecule has 0 unspecified atom stereocenters. The average Bonchev–Trinajstić information content (AvgIpc) is 3.23. The average molecular weight is 423 g/mol. The topological polar surface area (TPSA) is 94.3 Å². The predicted molar refractivity (Wildman–Crippen MR) is 113 cm³/mol. The van der Waals surface area contributed by atoms with Gasteiger partial charge in [0.2, 0.25) is 17.6 Å². The second kappa shape index (κ2) is 10.8. The lowest BCUT2D eigenvalue weighted by Gasteiger charge is -2.05. The smallest absolute Gasteiger partial charge is 0.330 e. The van der Waals surface area contributed by atoms with Crippen molar-refractivity contribution in [3.8, 4) is 11.4 Å². The highest BCUT2D eigenvalue weighted by Crippen LogP contribution is 2.17. The number of aryl methyl sites for hydroxylation is 1. The van der Waals surface area contributed by atoms with E-state index in [2.05, 4.69) is 15.5 Å². The van der Waals surface area contributed by atoms with Gasteiger partial charge in [-0.05, 0) is 61.4 Å². The van der Waals surface area contributed by atoms with Crippen molar-refractivity contribution >= 4 is 23.6 Å². The molecule has 0 fully saturated rings. The standard InChI is InChI=1S/C23H22FN3O4/c1-2-30-22(29)15-8-16-6-13-19(14-7-16)25-20(28)4-3-5-21-26-23(27-31-21)17-9-11-18(24)12-10-17/h6-15H,2-5H2,1H3,(H,25,28)/b15-8+. The fraction of sp³-hybridized carbons (Fsp3) is 0.217. The number of aromatic nitrogens is 2.